The molecule has 0 saturated carbocycles. The number of rotatable bonds is 17. The summed E-state index contributed by atoms with van der Waals surface area (Å²) in [5.41, 5.74) is 1.09. The summed E-state index contributed by atoms with van der Waals surface area (Å²) in [6, 6.07) is 4.72. The van der Waals surface area contributed by atoms with E-state index in [4.69, 9.17) is 4.55 Å². The molecule has 1 aliphatic rings. The average molecular weight is 568 g/mol. The van der Waals surface area contributed by atoms with E-state index in [1.54, 1.807) is 12.1 Å². The first kappa shape index (κ1) is 34.1. The number of aliphatic hydroxyl groups is 1. The van der Waals surface area contributed by atoms with Crippen molar-refractivity contribution in [1.29, 1.82) is 0 Å². The summed E-state index contributed by atoms with van der Waals surface area (Å²) < 4.78 is 31.1. The molecule has 13 nitrogen and oxygen atoms in total. The largest absolute Gasteiger partial charge is 1.00 e. The van der Waals surface area contributed by atoms with Crippen LogP contribution >= 0.6 is 0 Å². The van der Waals surface area contributed by atoms with Crippen molar-refractivity contribution in [3.8, 4) is 0 Å². The predicted molar refractivity (Wildman–Crippen MR) is 131 cm³/mol. The van der Waals surface area contributed by atoms with E-state index in [1.165, 1.54) is 6.07 Å². The number of hydrogen-bond donors (Lipinski definition) is 3. The Labute approximate surface area is 244 Å². The van der Waals surface area contributed by atoms with E-state index >= 15 is 0 Å². The monoisotopic (exact) mass is 567 g/mol. The molecule has 2 rings (SSSR count). The molecule has 1 heterocycles. The first-order chi connectivity index (χ1) is 17.5. The molecule has 1 aliphatic heterocycles. The van der Waals surface area contributed by atoms with Gasteiger partial charge in [-0.3, -0.25) is 24.3 Å². The number of imide groups is 1. The number of amides is 2. The van der Waals surface area contributed by atoms with Gasteiger partial charge in [0.25, 0.3) is 27.6 Å². The van der Waals surface area contributed by atoms with Crippen molar-refractivity contribution in [3.63, 3.8) is 0 Å². The Balaban J connectivity index is 0.00000722. The van der Waals surface area contributed by atoms with Gasteiger partial charge in [-0.15, -0.1) is 5.06 Å². The van der Waals surface area contributed by atoms with Gasteiger partial charge in [-0.1, -0.05) is 44.6 Å². The van der Waals surface area contributed by atoms with Crippen molar-refractivity contribution in [1.82, 2.24) is 10.4 Å². The predicted octanol–water partition coefficient (Wildman–Crippen LogP) is -0.722. The average Bonchev–Trinajstić information content (AvgIpc) is 3.13. The Hall–Kier alpha value is -1.94. The summed E-state index contributed by atoms with van der Waals surface area (Å²) in [5, 5.41) is 21.7. The summed E-state index contributed by atoms with van der Waals surface area (Å²) in [6.07, 6.45) is 6.52. The minimum absolute atomic E-state index is 0. The maximum Gasteiger partial charge on any atom is 1.00 e. The fraction of sp³-hybridized carbons (Fsp3) is 0.609. The van der Waals surface area contributed by atoms with E-state index in [0.717, 1.165) is 57.1 Å². The van der Waals surface area contributed by atoms with Gasteiger partial charge in [0.2, 0.25) is 0 Å². The normalized spacial score (nSPS) is 15.4. The molecule has 1 saturated heterocycles. The number of unbranched alkanes of at least 4 members (excludes halogenated alkanes) is 7. The van der Waals surface area contributed by atoms with Crippen LogP contribution in [0.25, 0.3) is 0 Å². The number of aliphatic hydroxyl groups excluding tert-OH is 1. The summed E-state index contributed by atoms with van der Waals surface area (Å²) in [5.74, 6) is -3.07. The van der Waals surface area contributed by atoms with Crippen LogP contribution in [0, 0.1) is 10.1 Å². The van der Waals surface area contributed by atoms with Crippen molar-refractivity contribution in [2.45, 2.75) is 82.6 Å². The SMILES string of the molecule is O=C(CCCCCCCCCCNCc1ccc([N+](=O)[O-])c(CO)c1)ON1C(=O)CC(S(=O)(=O)O)C1=O.[H-].[Na+]. The molecule has 15 heteroatoms. The molecule has 0 radical (unpaired) electrons. The Morgan fingerprint density at radius 3 is 2.29 bits per heavy atom. The molecule has 0 spiro atoms. The molecular formula is C23H34N3NaO10S. The van der Waals surface area contributed by atoms with Crippen LogP contribution in [0.1, 0.15) is 76.8 Å². The second-order valence-corrected chi connectivity index (χ2v) is 10.4. The third kappa shape index (κ3) is 11.0. The number of hydrogen-bond acceptors (Lipinski definition) is 10. The molecule has 0 aromatic heterocycles. The third-order valence-corrected chi connectivity index (χ3v) is 7.03. The molecule has 38 heavy (non-hydrogen) atoms. The minimum Gasteiger partial charge on any atom is -1.00 e. The maximum atomic E-state index is 11.8. The smallest absolute Gasteiger partial charge is 1.00 e. The van der Waals surface area contributed by atoms with Crippen LogP contribution in [0.3, 0.4) is 0 Å². The van der Waals surface area contributed by atoms with Gasteiger partial charge in [-0.2, -0.15) is 8.42 Å². The molecule has 0 bridgehead atoms. The van der Waals surface area contributed by atoms with Crippen molar-refractivity contribution in [2.24, 2.45) is 0 Å². The number of nitrogens with one attached hydrogen (secondary N) is 1. The maximum absolute atomic E-state index is 11.8. The van der Waals surface area contributed by atoms with Crippen molar-refractivity contribution in [3.05, 3.63) is 39.4 Å². The fourth-order valence-corrected chi connectivity index (χ4v) is 4.63. The van der Waals surface area contributed by atoms with Gasteiger partial charge in [0.1, 0.15) is 0 Å². The Kier molecular flexibility index (Phi) is 15.2. The van der Waals surface area contributed by atoms with E-state index in [1.807, 2.05) is 0 Å². The van der Waals surface area contributed by atoms with Gasteiger partial charge in [0, 0.05) is 19.0 Å². The van der Waals surface area contributed by atoms with Gasteiger partial charge in [-0.25, -0.2) is 4.79 Å². The van der Waals surface area contributed by atoms with Gasteiger partial charge >= 0.3 is 35.5 Å². The minimum atomic E-state index is -4.74. The first-order valence-corrected chi connectivity index (χ1v) is 13.7. The number of nitro benzene ring substituents is 1. The number of hydroxylamine groups is 2. The first-order valence-electron chi connectivity index (χ1n) is 12.2. The molecule has 1 aromatic rings. The zero-order chi connectivity index (χ0) is 27.4. The Bertz CT molecular complexity index is 1090. The fourth-order valence-electron chi connectivity index (χ4n) is 3.92. The standard InChI is InChI=1S/C23H33N3O10S.Na.H/c27-16-18-13-17(10-11-19(18)26(31)32)15-24-12-8-6-4-2-1-3-5-7-9-22(29)36-25-21(28)14-20(23(25)30)37(33,34)35;;/h10-11,13,20,24,27H,1-9,12,14-16H2,(H,33,34,35);;/q;+1;-1. The molecule has 1 aromatic carbocycles. The zero-order valence-electron chi connectivity index (χ0n) is 22.5. The number of nitrogens with zero attached hydrogens (tertiary/aromatic N) is 2. The molecule has 2 amide bonds. The number of nitro groups is 1. The van der Waals surface area contributed by atoms with Crippen LogP contribution in [0.4, 0.5) is 5.69 Å². The van der Waals surface area contributed by atoms with E-state index in [0.29, 0.717) is 18.5 Å². The van der Waals surface area contributed by atoms with Gasteiger partial charge < -0.3 is 16.7 Å². The van der Waals surface area contributed by atoms with E-state index < -0.39 is 44.5 Å². The molecular weight excluding hydrogens is 533 g/mol. The molecule has 1 unspecified atom stereocenters. The van der Waals surface area contributed by atoms with Crippen LogP contribution in [0.2, 0.25) is 0 Å². The van der Waals surface area contributed by atoms with Gasteiger partial charge in [0.05, 0.1) is 23.5 Å². The molecule has 3 N–H and O–H groups in total. The van der Waals surface area contributed by atoms with Gasteiger partial charge in [-0.05, 0) is 31.0 Å². The van der Waals surface area contributed by atoms with Crippen LogP contribution in [0.15, 0.2) is 18.2 Å². The van der Waals surface area contributed by atoms with Crippen LogP contribution in [0.5, 0.6) is 0 Å². The van der Waals surface area contributed by atoms with E-state index in [9.17, 15) is 38.0 Å². The quantitative estimate of drug-likeness (QED) is 0.0537. The second-order valence-electron chi connectivity index (χ2n) is 8.83. The van der Waals surface area contributed by atoms with Crippen molar-refractivity contribution < 1.29 is 73.2 Å². The molecule has 0 aliphatic carbocycles. The Morgan fingerprint density at radius 1 is 1.13 bits per heavy atom. The zero-order valence-corrected chi connectivity index (χ0v) is 24.3. The van der Waals surface area contributed by atoms with Crippen LogP contribution < -0.4 is 34.9 Å². The van der Waals surface area contributed by atoms with Gasteiger partial charge in [0.15, 0.2) is 5.25 Å². The second kappa shape index (κ2) is 16.9. The number of carbonyl (C=O) groups excluding carboxylic acids is 3. The third-order valence-electron chi connectivity index (χ3n) is 5.94. The van der Waals surface area contributed by atoms with Crippen LogP contribution in [-0.2, 0) is 42.5 Å². The summed E-state index contributed by atoms with van der Waals surface area (Å²) in [4.78, 5) is 50.4. The number of carbonyl (C=O) groups is 3. The van der Waals surface area contributed by atoms with Crippen molar-refractivity contribution >= 4 is 33.6 Å². The van der Waals surface area contributed by atoms with Crippen molar-refractivity contribution in [2.75, 3.05) is 6.54 Å². The molecule has 1 fully saturated rings. The Morgan fingerprint density at radius 2 is 1.74 bits per heavy atom. The summed E-state index contributed by atoms with van der Waals surface area (Å²) >= 11 is 0. The van der Waals surface area contributed by atoms with E-state index in [2.05, 4.69) is 10.2 Å². The van der Waals surface area contributed by atoms with Crippen LogP contribution in [-0.4, -0.2) is 57.6 Å². The summed E-state index contributed by atoms with van der Waals surface area (Å²) in [6.45, 7) is 0.990. The number of benzene rings is 1. The topological polar surface area (TPSA) is 193 Å². The molecule has 208 valence electrons. The summed E-state index contributed by atoms with van der Waals surface area (Å²) in [7, 11) is -4.74. The molecule has 1 atom stereocenters. The van der Waals surface area contributed by atoms with E-state index in [-0.39, 0.29) is 54.8 Å².